The number of fused-ring (bicyclic) bond motifs is 1. The minimum atomic E-state index is -0.639. The minimum absolute atomic E-state index is 0.0782. The second-order valence-corrected chi connectivity index (χ2v) is 6.04. The number of benzene rings is 2. The number of ether oxygens (including phenoxy) is 1. The Hall–Kier alpha value is -1.10. The summed E-state index contributed by atoms with van der Waals surface area (Å²) in [6.45, 7) is 0. The zero-order chi connectivity index (χ0) is 14.3. The molecule has 2 atom stereocenters. The van der Waals surface area contributed by atoms with Crippen molar-refractivity contribution in [3.05, 3.63) is 62.8 Å². The summed E-state index contributed by atoms with van der Waals surface area (Å²) < 4.78 is 20.3. The fourth-order valence-electron chi connectivity index (χ4n) is 2.33. The van der Waals surface area contributed by atoms with Gasteiger partial charge in [-0.3, -0.25) is 0 Å². The Morgan fingerprint density at radius 1 is 1.25 bits per heavy atom. The summed E-state index contributed by atoms with van der Waals surface area (Å²) in [6, 6.07) is 10.0. The van der Waals surface area contributed by atoms with Gasteiger partial charge in [0.15, 0.2) is 0 Å². The zero-order valence-electron chi connectivity index (χ0n) is 10.3. The number of halogens is 3. The average molecular weight is 358 g/mol. The molecule has 104 valence electrons. The molecule has 0 saturated heterocycles. The summed E-state index contributed by atoms with van der Waals surface area (Å²) in [6.07, 6.45) is -0.643. The molecule has 2 aromatic carbocycles. The van der Waals surface area contributed by atoms with Crippen molar-refractivity contribution in [3.8, 4) is 5.75 Å². The van der Waals surface area contributed by atoms with E-state index in [1.165, 1.54) is 12.1 Å². The van der Waals surface area contributed by atoms with Crippen molar-refractivity contribution >= 4 is 27.5 Å². The first kappa shape index (κ1) is 13.9. The Bertz CT molecular complexity index is 662. The number of aliphatic hydroxyl groups is 1. The molecule has 0 aromatic heterocycles. The molecule has 0 bridgehead atoms. The predicted molar refractivity (Wildman–Crippen MR) is 78.5 cm³/mol. The molecule has 1 heterocycles. The third-order valence-corrected chi connectivity index (χ3v) is 4.15. The van der Waals surface area contributed by atoms with Gasteiger partial charge in [0.25, 0.3) is 0 Å². The fourth-order valence-corrected chi connectivity index (χ4v) is 2.83. The molecule has 5 heteroatoms. The number of hydrogen-bond donors (Lipinski definition) is 1. The highest BCUT2D eigenvalue weighted by Crippen LogP contribution is 2.42. The van der Waals surface area contributed by atoms with Gasteiger partial charge in [-0.25, -0.2) is 4.39 Å². The van der Waals surface area contributed by atoms with Crippen LogP contribution < -0.4 is 4.74 Å². The van der Waals surface area contributed by atoms with E-state index in [4.69, 9.17) is 16.3 Å². The van der Waals surface area contributed by atoms with E-state index in [9.17, 15) is 9.50 Å². The highest BCUT2D eigenvalue weighted by molar-refractivity contribution is 9.10. The van der Waals surface area contributed by atoms with Gasteiger partial charge in [0, 0.05) is 16.5 Å². The molecule has 1 N–H and O–H groups in total. The average Bonchev–Trinajstić information content (AvgIpc) is 2.42. The Morgan fingerprint density at radius 2 is 2.05 bits per heavy atom. The van der Waals surface area contributed by atoms with Gasteiger partial charge in [0.1, 0.15) is 17.7 Å². The smallest absolute Gasteiger partial charge is 0.142 e. The summed E-state index contributed by atoms with van der Waals surface area (Å²) in [5, 5.41) is 10.3. The normalized spacial score (nSPS) is 21.2. The Morgan fingerprint density at radius 3 is 2.80 bits per heavy atom. The quantitative estimate of drug-likeness (QED) is 0.794. The van der Waals surface area contributed by atoms with E-state index >= 15 is 0 Å². The zero-order valence-corrected chi connectivity index (χ0v) is 12.7. The lowest BCUT2D eigenvalue weighted by Crippen LogP contribution is -2.19. The molecule has 3 rings (SSSR count). The largest absolute Gasteiger partial charge is 0.485 e. The van der Waals surface area contributed by atoms with Crippen LogP contribution >= 0.6 is 27.5 Å². The van der Waals surface area contributed by atoms with Crippen LogP contribution in [0, 0.1) is 5.82 Å². The van der Waals surface area contributed by atoms with Crippen molar-refractivity contribution < 1.29 is 14.2 Å². The molecular weight excluding hydrogens is 347 g/mol. The summed E-state index contributed by atoms with van der Waals surface area (Å²) >= 11 is 9.04. The Kier molecular flexibility index (Phi) is 3.71. The van der Waals surface area contributed by atoms with Crippen molar-refractivity contribution in [1.82, 2.24) is 0 Å². The lowest BCUT2D eigenvalue weighted by atomic mass is 9.95. The fraction of sp³-hybridized carbons (Fsp3) is 0.200. The molecule has 2 aromatic rings. The van der Waals surface area contributed by atoms with E-state index in [2.05, 4.69) is 15.9 Å². The maximum atomic E-state index is 13.5. The molecule has 0 fully saturated rings. The number of rotatable bonds is 1. The highest BCUT2D eigenvalue weighted by atomic mass is 79.9. The van der Waals surface area contributed by atoms with Gasteiger partial charge in [0.2, 0.25) is 0 Å². The summed E-state index contributed by atoms with van der Waals surface area (Å²) in [5.74, 6) is 0.135. The Balaban J connectivity index is 1.94. The van der Waals surface area contributed by atoms with Crippen molar-refractivity contribution in [1.29, 1.82) is 0 Å². The van der Waals surface area contributed by atoms with Gasteiger partial charge in [0.05, 0.1) is 11.1 Å². The molecule has 0 saturated carbocycles. The highest BCUT2D eigenvalue weighted by Gasteiger charge is 2.28. The first-order valence-electron chi connectivity index (χ1n) is 6.13. The third-order valence-electron chi connectivity index (χ3n) is 3.35. The van der Waals surface area contributed by atoms with Crippen LogP contribution in [0.3, 0.4) is 0 Å². The maximum Gasteiger partial charge on any atom is 0.142 e. The standard InChI is InChI=1S/C15H11BrClFO2/c16-9-2-4-14-10(6-9)13(19)7-15(20-14)8-1-3-11(17)12(18)5-8/h1-6,13,15,19H,7H2/t13-,15?/m1/s1. The van der Waals surface area contributed by atoms with E-state index in [0.717, 1.165) is 10.0 Å². The van der Waals surface area contributed by atoms with Crippen LogP contribution in [0.5, 0.6) is 5.75 Å². The molecule has 1 unspecified atom stereocenters. The molecule has 0 radical (unpaired) electrons. The molecule has 1 aliphatic rings. The van der Waals surface area contributed by atoms with E-state index in [0.29, 0.717) is 17.7 Å². The van der Waals surface area contributed by atoms with E-state index in [-0.39, 0.29) is 11.1 Å². The molecular formula is C15H11BrClFO2. The summed E-state index contributed by atoms with van der Waals surface area (Å²) in [4.78, 5) is 0. The second-order valence-electron chi connectivity index (χ2n) is 4.71. The van der Waals surface area contributed by atoms with Crippen LogP contribution in [0.25, 0.3) is 0 Å². The van der Waals surface area contributed by atoms with Crippen LogP contribution in [-0.2, 0) is 0 Å². The van der Waals surface area contributed by atoms with Crippen molar-refractivity contribution in [3.63, 3.8) is 0 Å². The third kappa shape index (κ3) is 2.55. The second kappa shape index (κ2) is 5.35. The van der Waals surface area contributed by atoms with Crippen molar-refractivity contribution in [2.75, 3.05) is 0 Å². The maximum absolute atomic E-state index is 13.5. The lowest BCUT2D eigenvalue weighted by Gasteiger charge is -2.30. The van der Waals surface area contributed by atoms with E-state index in [1.54, 1.807) is 12.1 Å². The van der Waals surface area contributed by atoms with Crippen LogP contribution in [0.4, 0.5) is 4.39 Å². The van der Waals surface area contributed by atoms with Gasteiger partial charge >= 0.3 is 0 Å². The molecule has 0 spiro atoms. The first-order valence-corrected chi connectivity index (χ1v) is 7.31. The molecule has 0 aliphatic carbocycles. The molecule has 0 amide bonds. The van der Waals surface area contributed by atoms with Crippen LogP contribution in [0.2, 0.25) is 5.02 Å². The SMILES string of the molecule is O[C@@H]1CC(c2ccc(Cl)c(F)c2)Oc2ccc(Br)cc21. The summed E-state index contributed by atoms with van der Waals surface area (Å²) in [7, 11) is 0. The van der Waals surface area contributed by atoms with Crippen LogP contribution in [0.1, 0.15) is 29.8 Å². The number of aliphatic hydroxyl groups excluding tert-OH is 1. The molecule has 1 aliphatic heterocycles. The van der Waals surface area contributed by atoms with Crippen molar-refractivity contribution in [2.45, 2.75) is 18.6 Å². The van der Waals surface area contributed by atoms with Crippen LogP contribution in [0.15, 0.2) is 40.9 Å². The van der Waals surface area contributed by atoms with Gasteiger partial charge in [-0.2, -0.15) is 0 Å². The van der Waals surface area contributed by atoms with Gasteiger partial charge in [-0.05, 0) is 35.9 Å². The molecule has 2 nitrogen and oxygen atoms in total. The minimum Gasteiger partial charge on any atom is -0.485 e. The first-order chi connectivity index (χ1) is 9.54. The van der Waals surface area contributed by atoms with Gasteiger partial charge in [-0.15, -0.1) is 0 Å². The lowest BCUT2D eigenvalue weighted by molar-refractivity contribution is 0.0655. The van der Waals surface area contributed by atoms with E-state index in [1.807, 2.05) is 12.1 Å². The van der Waals surface area contributed by atoms with Gasteiger partial charge in [-0.1, -0.05) is 33.6 Å². The molecule has 20 heavy (non-hydrogen) atoms. The van der Waals surface area contributed by atoms with Crippen molar-refractivity contribution in [2.24, 2.45) is 0 Å². The topological polar surface area (TPSA) is 29.5 Å². The predicted octanol–water partition coefficient (Wildman–Crippen LogP) is 4.80. The summed E-state index contributed by atoms with van der Waals surface area (Å²) in [5.41, 5.74) is 1.41. The van der Waals surface area contributed by atoms with E-state index < -0.39 is 11.9 Å². The number of hydrogen-bond acceptors (Lipinski definition) is 2. The van der Waals surface area contributed by atoms with Gasteiger partial charge < -0.3 is 9.84 Å². The van der Waals surface area contributed by atoms with Crippen LogP contribution in [-0.4, -0.2) is 5.11 Å². The monoisotopic (exact) mass is 356 g/mol. The Labute approximate surface area is 129 Å².